The van der Waals surface area contributed by atoms with Gasteiger partial charge in [-0.25, -0.2) is 4.39 Å². The van der Waals surface area contributed by atoms with Crippen LogP contribution >= 0.6 is 0 Å². The molecule has 3 fully saturated rings. The van der Waals surface area contributed by atoms with E-state index < -0.39 is 17.7 Å². The topological polar surface area (TPSA) is 57.5 Å². The number of aliphatic hydroxyl groups is 2. The Hall–Kier alpha value is -0.740. The lowest BCUT2D eigenvalue weighted by atomic mass is 9.47. The fraction of sp³-hybridized carbons (Fsp3) is 0.842. The number of ketones is 1. The Labute approximate surface area is 137 Å². The van der Waals surface area contributed by atoms with Gasteiger partial charge in [-0.3, -0.25) is 4.79 Å². The van der Waals surface area contributed by atoms with Crippen molar-refractivity contribution in [1.29, 1.82) is 0 Å². The Kier molecular flexibility index (Phi) is 3.35. The summed E-state index contributed by atoms with van der Waals surface area (Å²) in [5, 5.41) is 20.8. The molecule has 0 spiro atoms. The summed E-state index contributed by atoms with van der Waals surface area (Å²) in [5.74, 6) is -0.0315. The molecule has 0 amide bonds. The average Bonchev–Trinajstić information content (AvgIpc) is 2.73. The number of rotatable bonds is 0. The van der Waals surface area contributed by atoms with E-state index >= 15 is 0 Å². The molecule has 23 heavy (non-hydrogen) atoms. The van der Waals surface area contributed by atoms with Crippen LogP contribution in [0.1, 0.15) is 52.4 Å². The van der Waals surface area contributed by atoms with Crippen LogP contribution in [0.3, 0.4) is 0 Å². The van der Waals surface area contributed by atoms with E-state index in [1.54, 1.807) is 0 Å². The quantitative estimate of drug-likeness (QED) is 0.674. The molecule has 8 atom stereocenters. The molecule has 0 unspecified atom stereocenters. The average molecular weight is 322 g/mol. The van der Waals surface area contributed by atoms with Crippen LogP contribution in [0.2, 0.25) is 0 Å². The van der Waals surface area contributed by atoms with Crippen LogP contribution in [0.25, 0.3) is 0 Å². The van der Waals surface area contributed by atoms with Crippen molar-refractivity contribution >= 4 is 5.78 Å². The fourth-order valence-corrected chi connectivity index (χ4v) is 6.38. The minimum Gasteiger partial charge on any atom is -0.393 e. The van der Waals surface area contributed by atoms with Gasteiger partial charge in [-0.2, -0.15) is 0 Å². The molecule has 4 aliphatic carbocycles. The molecule has 4 heteroatoms. The zero-order chi connectivity index (χ0) is 16.6. The first-order valence-electron chi connectivity index (χ1n) is 9.03. The van der Waals surface area contributed by atoms with Gasteiger partial charge in [0, 0.05) is 5.41 Å². The van der Waals surface area contributed by atoms with Gasteiger partial charge in [0.15, 0.2) is 12.0 Å². The molecule has 0 aromatic heterocycles. The van der Waals surface area contributed by atoms with Crippen LogP contribution < -0.4 is 0 Å². The lowest BCUT2D eigenvalue weighted by Crippen LogP contribution is -2.54. The molecule has 0 bridgehead atoms. The summed E-state index contributed by atoms with van der Waals surface area (Å²) in [5.41, 5.74) is 0.564. The van der Waals surface area contributed by atoms with Gasteiger partial charge >= 0.3 is 0 Å². The molecule has 0 heterocycles. The van der Waals surface area contributed by atoms with Crippen molar-refractivity contribution < 1.29 is 19.4 Å². The highest BCUT2D eigenvalue weighted by molar-refractivity contribution is 5.91. The van der Waals surface area contributed by atoms with Gasteiger partial charge in [0.25, 0.3) is 0 Å². The number of hydrogen-bond donors (Lipinski definition) is 2. The molecule has 0 aliphatic heterocycles. The van der Waals surface area contributed by atoms with Crippen LogP contribution in [-0.4, -0.2) is 34.4 Å². The second-order valence-electron chi connectivity index (χ2n) is 8.81. The highest BCUT2D eigenvalue weighted by Crippen LogP contribution is 2.64. The van der Waals surface area contributed by atoms with Gasteiger partial charge in [-0.1, -0.05) is 25.5 Å². The third-order valence-electron chi connectivity index (χ3n) is 7.80. The number of fused-ring (bicyclic) bond motifs is 5. The van der Waals surface area contributed by atoms with Crippen molar-refractivity contribution in [2.45, 2.75) is 70.8 Å². The van der Waals surface area contributed by atoms with E-state index in [9.17, 15) is 19.4 Å². The minimum atomic E-state index is -1.36. The van der Waals surface area contributed by atoms with Crippen LogP contribution in [0, 0.1) is 28.6 Å². The molecule has 0 saturated heterocycles. The van der Waals surface area contributed by atoms with Crippen molar-refractivity contribution in [1.82, 2.24) is 0 Å². The molecule has 2 N–H and O–H groups in total. The summed E-state index contributed by atoms with van der Waals surface area (Å²) < 4.78 is 14.2. The van der Waals surface area contributed by atoms with Gasteiger partial charge in [0.2, 0.25) is 0 Å². The number of carbonyl (C=O) groups is 1. The van der Waals surface area contributed by atoms with E-state index in [1.807, 2.05) is 13.0 Å². The predicted molar refractivity (Wildman–Crippen MR) is 84.4 cm³/mol. The predicted octanol–water partition coefficient (Wildman–Crippen LogP) is 2.80. The van der Waals surface area contributed by atoms with Gasteiger partial charge in [-0.15, -0.1) is 0 Å². The van der Waals surface area contributed by atoms with Gasteiger partial charge in [0.1, 0.15) is 0 Å². The molecule has 128 valence electrons. The number of Topliss-reactive ketones (excluding diaryl/α,β-unsaturated/α-hetero) is 1. The van der Waals surface area contributed by atoms with Crippen molar-refractivity contribution in [3.8, 4) is 0 Å². The lowest BCUT2D eigenvalue weighted by Gasteiger charge is -2.57. The zero-order valence-corrected chi connectivity index (χ0v) is 14.0. The van der Waals surface area contributed by atoms with Gasteiger partial charge in [-0.05, 0) is 61.7 Å². The highest BCUT2D eigenvalue weighted by Gasteiger charge is 2.63. The summed E-state index contributed by atoms with van der Waals surface area (Å²) in [4.78, 5) is 12.3. The van der Waals surface area contributed by atoms with Gasteiger partial charge < -0.3 is 10.2 Å². The van der Waals surface area contributed by atoms with E-state index in [-0.39, 0.29) is 35.6 Å². The molecule has 3 saturated carbocycles. The standard InChI is InChI=1S/C19H27FO3/c1-18-5-3-11(21)7-10(18)8-15(22)16-12(18)4-6-19(2)13(16)9-14(20)17(19)23/h8,11-16,21-22H,3-7,9H2,1-2H3/t11-,12+,13+,14-,15+,16-,18+,19+/m1/s1. The SMILES string of the molecule is C[C@]12CC[C@@H](O)CC1=C[C@H](O)[C@@H]1[C@@H]2CC[C@]2(C)C(=O)[C@H](F)C[C@@H]12. The number of halogens is 1. The first-order chi connectivity index (χ1) is 10.8. The van der Waals surface area contributed by atoms with Crippen molar-refractivity contribution in [2.75, 3.05) is 0 Å². The summed E-state index contributed by atoms with van der Waals surface area (Å²) >= 11 is 0. The fourth-order valence-electron chi connectivity index (χ4n) is 6.38. The maximum atomic E-state index is 14.2. The van der Waals surface area contributed by atoms with E-state index in [0.717, 1.165) is 25.7 Å². The van der Waals surface area contributed by atoms with Gasteiger partial charge in [0.05, 0.1) is 12.2 Å². The maximum absolute atomic E-state index is 14.2. The van der Waals surface area contributed by atoms with E-state index in [4.69, 9.17) is 0 Å². The Morgan fingerprint density at radius 2 is 1.83 bits per heavy atom. The maximum Gasteiger partial charge on any atom is 0.173 e. The van der Waals surface area contributed by atoms with Crippen molar-refractivity contribution in [3.05, 3.63) is 11.6 Å². The third kappa shape index (κ3) is 1.97. The second kappa shape index (κ2) is 4.89. The molecule has 0 aromatic rings. The molecule has 4 aliphatic rings. The second-order valence-corrected chi connectivity index (χ2v) is 8.81. The van der Waals surface area contributed by atoms with Crippen LogP contribution in [-0.2, 0) is 4.79 Å². The summed E-state index contributed by atoms with van der Waals surface area (Å²) in [7, 11) is 0. The minimum absolute atomic E-state index is 0.0120. The Bertz CT molecular complexity index is 573. The lowest BCUT2D eigenvalue weighted by molar-refractivity contribution is -0.137. The summed E-state index contributed by atoms with van der Waals surface area (Å²) in [6, 6.07) is 0. The number of carbonyl (C=O) groups excluding carboxylic acids is 1. The molecule has 4 rings (SSSR count). The highest BCUT2D eigenvalue weighted by atomic mass is 19.1. The zero-order valence-electron chi connectivity index (χ0n) is 14.0. The van der Waals surface area contributed by atoms with Crippen LogP contribution in [0.4, 0.5) is 4.39 Å². The van der Waals surface area contributed by atoms with E-state index in [2.05, 4.69) is 6.92 Å². The third-order valence-corrected chi connectivity index (χ3v) is 7.80. The van der Waals surface area contributed by atoms with E-state index in [0.29, 0.717) is 12.3 Å². The molecular formula is C19H27FO3. The number of hydrogen-bond acceptors (Lipinski definition) is 3. The Morgan fingerprint density at radius 1 is 1.13 bits per heavy atom. The molecule has 0 aromatic carbocycles. The first kappa shape index (κ1) is 15.8. The number of alkyl halides is 1. The monoisotopic (exact) mass is 322 g/mol. The largest absolute Gasteiger partial charge is 0.393 e. The first-order valence-corrected chi connectivity index (χ1v) is 9.03. The number of aliphatic hydroxyl groups excluding tert-OH is 2. The van der Waals surface area contributed by atoms with E-state index in [1.165, 1.54) is 5.57 Å². The normalized spacial score (nSPS) is 55.7. The Morgan fingerprint density at radius 3 is 2.57 bits per heavy atom. The summed E-state index contributed by atoms with van der Waals surface area (Å²) in [6.07, 6.45) is 3.87. The van der Waals surface area contributed by atoms with Crippen LogP contribution in [0.15, 0.2) is 11.6 Å². The molecular weight excluding hydrogens is 295 g/mol. The van der Waals surface area contributed by atoms with Crippen molar-refractivity contribution in [2.24, 2.45) is 28.6 Å². The Balaban J connectivity index is 1.75. The molecule has 3 nitrogen and oxygen atoms in total. The van der Waals surface area contributed by atoms with Crippen molar-refractivity contribution in [3.63, 3.8) is 0 Å². The smallest absolute Gasteiger partial charge is 0.173 e. The van der Waals surface area contributed by atoms with Crippen LogP contribution in [0.5, 0.6) is 0 Å². The molecule has 0 radical (unpaired) electrons. The summed E-state index contributed by atoms with van der Waals surface area (Å²) in [6.45, 7) is 4.16.